The molecular weight excluding hydrogens is 263 g/mol. The minimum absolute atomic E-state index is 0.411. The van der Waals surface area contributed by atoms with Crippen LogP contribution in [0.15, 0.2) is 28.7 Å². The summed E-state index contributed by atoms with van der Waals surface area (Å²) < 4.78 is 0.945. The normalized spacial score (nSPS) is 10.8. The molecule has 0 atom stereocenters. The maximum Gasteiger partial charge on any atom is 0.134 e. The molecule has 2 N–H and O–H groups in total. The van der Waals surface area contributed by atoms with Crippen LogP contribution in [0.4, 0.5) is 0 Å². The van der Waals surface area contributed by atoms with Crippen LogP contribution in [0.25, 0.3) is 10.9 Å². The number of nitrogens with two attached hydrogens (primary N) is 1. The molecule has 2 aromatic rings. The molecule has 1 heterocycles. The fourth-order valence-corrected chi connectivity index (χ4v) is 2.01. The number of benzene rings is 1. The van der Waals surface area contributed by atoms with Crippen LogP contribution >= 0.6 is 27.5 Å². The van der Waals surface area contributed by atoms with E-state index in [0.29, 0.717) is 11.7 Å². The first-order valence-corrected chi connectivity index (χ1v) is 5.33. The Morgan fingerprint density at radius 3 is 2.93 bits per heavy atom. The topological polar surface area (TPSA) is 38.9 Å². The molecule has 0 saturated carbocycles. The molecule has 14 heavy (non-hydrogen) atoms. The van der Waals surface area contributed by atoms with E-state index < -0.39 is 0 Å². The van der Waals surface area contributed by atoms with E-state index in [4.69, 9.17) is 17.3 Å². The zero-order valence-corrected chi connectivity index (χ0v) is 9.64. The molecule has 72 valence electrons. The van der Waals surface area contributed by atoms with Gasteiger partial charge in [0.2, 0.25) is 0 Å². The summed E-state index contributed by atoms with van der Waals surface area (Å²) in [6.07, 6.45) is 0. The third kappa shape index (κ3) is 1.63. The van der Waals surface area contributed by atoms with Gasteiger partial charge < -0.3 is 5.73 Å². The van der Waals surface area contributed by atoms with E-state index in [1.165, 1.54) is 0 Å². The fraction of sp³-hybridized carbons (Fsp3) is 0.100. The average molecular weight is 272 g/mol. The number of para-hydroxylation sites is 1. The Labute approximate surface area is 95.2 Å². The lowest BCUT2D eigenvalue weighted by atomic mass is 10.1. The molecule has 2 nitrogen and oxygen atoms in total. The standard InChI is InChI=1S/C10H8BrClN2/c11-8-3-1-2-6-4-7(5-13)10(12)14-9(6)8/h1-4H,5,13H2. The second kappa shape index (κ2) is 3.85. The molecule has 0 bridgehead atoms. The van der Waals surface area contributed by atoms with Gasteiger partial charge in [-0.2, -0.15) is 0 Å². The number of rotatable bonds is 1. The van der Waals surface area contributed by atoms with Crippen molar-refractivity contribution in [3.63, 3.8) is 0 Å². The quantitative estimate of drug-likeness (QED) is 0.810. The molecule has 0 unspecified atom stereocenters. The second-order valence-electron chi connectivity index (χ2n) is 2.95. The highest BCUT2D eigenvalue weighted by molar-refractivity contribution is 9.10. The van der Waals surface area contributed by atoms with E-state index >= 15 is 0 Å². The number of hydrogen-bond donors (Lipinski definition) is 1. The SMILES string of the molecule is NCc1cc2cccc(Br)c2nc1Cl. The Hall–Kier alpha value is -0.640. The minimum Gasteiger partial charge on any atom is -0.326 e. The molecule has 0 radical (unpaired) electrons. The van der Waals surface area contributed by atoms with Gasteiger partial charge in [-0.1, -0.05) is 23.7 Å². The van der Waals surface area contributed by atoms with Gasteiger partial charge in [-0.25, -0.2) is 4.98 Å². The number of aromatic nitrogens is 1. The largest absolute Gasteiger partial charge is 0.326 e. The van der Waals surface area contributed by atoms with Crippen LogP contribution in [0.2, 0.25) is 5.15 Å². The van der Waals surface area contributed by atoms with E-state index in [2.05, 4.69) is 20.9 Å². The molecule has 1 aromatic heterocycles. The predicted octanol–water partition coefficient (Wildman–Crippen LogP) is 3.11. The zero-order valence-electron chi connectivity index (χ0n) is 7.30. The molecule has 0 aliphatic rings. The van der Waals surface area contributed by atoms with Crippen LogP contribution in [0.1, 0.15) is 5.56 Å². The Balaban J connectivity index is 2.79. The average Bonchev–Trinajstić information content (AvgIpc) is 2.19. The van der Waals surface area contributed by atoms with Crippen molar-refractivity contribution in [2.24, 2.45) is 5.73 Å². The highest BCUT2D eigenvalue weighted by atomic mass is 79.9. The van der Waals surface area contributed by atoms with Crippen LogP contribution < -0.4 is 5.73 Å². The molecule has 0 fully saturated rings. The van der Waals surface area contributed by atoms with Gasteiger partial charge in [-0.3, -0.25) is 0 Å². The third-order valence-corrected chi connectivity index (χ3v) is 3.01. The van der Waals surface area contributed by atoms with E-state index in [1.54, 1.807) is 0 Å². The van der Waals surface area contributed by atoms with Gasteiger partial charge in [0, 0.05) is 22.0 Å². The lowest BCUT2D eigenvalue weighted by Crippen LogP contribution is -1.98. The van der Waals surface area contributed by atoms with Crippen LogP contribution in [0.3, 0.4) is 0 Å². The molecule has 0 aliphatic carbocycles. The van der Waals surface area contributed by atoms with Crippen LogP contribution in [0.5, 0.6) is 0 Å². The molecule has 1 aromatic carbocycles. The molecule has 0 aliphatic heterocycles. The van der Waals surface area contributed by atoms with Crippen molar-refractivity contribution in [3.8, 4) is 0 Å². The number of pyridine rings is 1. The first kappa shape index (κ1) is 9.90. The van der Waals surface area contributed by atoms with Crippen molar-refractivity contribution in [1.29, 1.82) is 0 Å². The zero-order chi connectivity index (χ0) is 10.1. The van der Waals surface area contributed by atoms with Crippen molar-refractivity contribution >= 4 is 38.4 Å². The second-order valence-corrected chi connectivity index (χ2v) is 4.17. The van der Waals surface area contributed by atoms with Crippen LogP contribution in [-0.4, -0.2) is 4.98 Å². The van der Waals surface area contributed by atoms with Crippen LogP contribution in [0, 0.1) is 0 Å². The summed E-state index contributed by atoms with van der Waals surface area (Å²) in [5, 5.41) is 1.52. The molecule has 2 rings (SSSR count). The van der Waals surface area contributed by atoms with Gasteiger partial charge in [0.15, 0.2) is 0 Å². The fourth-order valence-electron chi connectivity index (χ4n) is 1.33. The summed E-state index contributed by atoms with van der Waals surface area (Å²) in [7, 11) is 0. The van der Waals surface area contributed by atoms with Crippen molar-refractivity contribution in [2.45, 2.75) is 6.54 Å². The van der Waals surface area contributed by atoms with Gasteiger partial charge in [-0.15, -0.1) is 0 Å². The molecule has 0 saturated heterocycles. The molecule has 0 amide bonds. The smallest absolute Gasteiger partial charge is 0.134 e. The van der Waals surface area contributed by atoms with Crippen molar-refractivity contribution in [3.05, 3.63) is 39.5 Å². The Kier molecular flexibility index (Phi) is 2.72. The lowest BCUT2D eigenvalue weighted by Gasteiger charge is -2.04. The van der Waals surface area contributed by atoms with Crippen molar-refractivity contribution < 1.29 is 0 Å². The van der Waals surface area contributed by atoms with Gasteiger partial charge in [-0.05, 0) is 28.1 Å². The molecule has 4 heteroatoms. The number of nitrogens with zero attached hydrogens (tertiary/aromatic N) is 1. The summed E-state index contributed by atoms with van der Waals surface area (Å²) >= 11 is 9.39. The first-order valence-electron chi connectivity index (χ1n) is 4.16. The number of halogens is 2. The summed E-state index contributed by atoms with van der Waals surface area (Å²) in [5.74, 6) is 0. The van der Waals surface area contributed by atoms with Crippen LogP contribution in [-0.2, 0) is 6.54 Å². The van der Waals surface area contributed by atoms with E-state index in [1.807, 2.05) is 24.3 Å². The monoisotopic (exact) mass is 270 g/mol. The maximum atomic E-state index is 5.96. The van der Waals surface area contributed by atoms with Gasteiger partial charge in [0.25, 0.3) is 0 Å². The molecule has 0 spiro atoms. The van der Waals surface area contributed by atoms with E-state index in [-0.39, 0.29) is 0 Å². The Morgan fingerprint density at radius 1 is 1.43 bits per heavy atom. The predicted molar refractivity (Wildman–Crippen MR) is 62.3 cm³/mol. The highest BCUT2D eigenvalue weighted by Gasteiger charge is 2.05. The summed E-state index contributed by atoms with van der Waals surface area (Å²) in [5.41, 5.74) is 7.29. The number of hydrogen-bond acceptors (Lipinski definition) is 2. The number of fused-ring (bicyclic) bond motifs is 1. The summed E-state index contributed by atoms with van der Waals surface area (Å²) in [4.78, 5) is 4.28. The van der Waals surface area contributed by atoms with Crippen molar-refractivity contribution in [2.75, 3.05) is 0 Å². The third-order valence-electron chi connectivity index (χ3n) is 2.04. The van der Waals surface area contributed by atoms with E-state index in [0.717, 1.165) is 20.9 Å². The Bertz CT molecular complexity index is 485. The minimum atomic E-state index is 0.411. The maximum absolute atomic E-state index is 5.96. The van der Waals surface area contributed by atoms with Gasteiger partial charge in [0.05, 0.1) is 5.52 Å². The lowest BCUT2D eigenvalue weighted by molar-refractivity contribution is 1.06. The van der Waals surface area contributed by atoms with E-state index in [9.17, 15) is 0 Å². The first-order chi connectivity index (χ1) is 6.72. The van der Waals surface area contributed by atoms with Crippen molar-refractivity contribution in [1.82, 2.24) is 4.98 Å². The highest BCUT2D eigenvalue weighted by Crippen LogP contribution is 2.25. The Morgan fingerprint density at radius 2 is 2.21 bits per heavy atom. The van der Waals surface area contributed by atoms with Gasteiger partial charge >= 0.3 is 0 Å². The van der Waals surface area contributed by atoms with Gasteiger partial charge in [0.1, 0.15) is 5.15 Å². The molecular formula is C10H8BrClN2. The summed E-state index contributed by atoms with van der Waals surface area (Å²) in [6, 6.07) is 7.86. The summed E-state index contributed by atoms with van der Waals surface area (Å²) in [6.45, 7) is 0.411.